The van der Waals surface area contributed by atoms with E-state index < -0.39 is 0 Å². The van der Waals surface area contributed by atoms with Crippen molar-refractivity contribution in [2.75, 3.05) is 11.9 Å². The van der Waals surface area contributed by atoms with E-state index in [1.165, 1.54) is 50.7 Å². The van der Waals surface area contributed by atoms with Gasteiger partial charge in [-0.2, -0.15) is 0 Å². The summed E-state index contributed by atoms with van der Waals surface area (Å²) in [7, 11) is 3.96. The lowest BCUT2D eigenvalue weighted by atomic mass is 10.00. The summed E-state index contributed by atoms with van der Waals surface area (Å²) >= 11 is 0. The zero-order chi connectivity index (χ0) is 15.5. The smallest absolute Gasteiger partial charge is 0.231 e. The van der Waals surface area contributed by atoms with Crippen LogP contribution in [0.5, 0.6) is 0 Å². The second kappa shape index (κ2) is 7.77. The van der Waals surface area contributed by atoms with Crippen LogP contribution in [0.3, 0.4) is 0 Å². The fourth-order valence-electron chi connectivity index (χ4n) is 3.30. The lowest BCUT2D eigenvalue weighted by molar-refractivity contribution is 0.541. The maximum absolute atomic E-state index is 13.1. The summed E-state index contributed by atoms with van der Waals surface area (Å²) in [4.78, 5) is 1.95. The Balaban J connectivity index is 0.00000192. The molecule has 0 unspecified atom stereocenters. The van der Waals surface area contributed by atoms with Crippen molar-refractivity contribution in [3.05, 3.63) is 35.9 Å². The maximum Gasteiger partial charge on any atom is 0.231 e. The van der Waals surface area contributed by atoms with Crippen LogP contribution in [-0.4, -0.2) is 21.8 Å². The number of hydrogen-bond donors (Lipinski definition) is 0. The van der Waals surface area contributed by atoms with Gasteiger partial charge in [-0.25, -0.2) is 4.39 Å². The first-order valence-corrected chi connectivity index (χ1v) is 8.05. The zero-order valence-corrected chi connectivity index (χ0v) is 14.5. The zero-order valence-electron chi connectivity index (χ0n) is 13.7. The molecule has 4 nitrogen and oxygen atoms in total. The average molecular weight is 339 g/mol. The summed E-state index contributed by atoms with van der Waals surface area (Å²) in [5.41, 5.74) is 0.907. The van der Waals surface area contributed by atoms with Gasteiger partial charge in [-0.05, 0) is 37.1 Å². The number of nitrogens with zero attached hydrogens (tertiary/aromatic N) is 4. The average Bonchev–Trinajstić information content (AvgIpc) is 2.74. The van der Waals surface area contributed by atoms with Crippen LogP contribution < -0.4 is 4.90 Å². The van der Waals surface area contributed by atoms with Gasteiger partial charge in [0.05, 0.1) is 0 Å². The van der Waals surface area contributed by atoms with Gasteiger partial charge >= 0.3 is 0 Å². The Bertz CT molecular complexity index is 618. The van der Waals surface area contributed by atoms with Crippen LogP contribution in [-0.2, 0) is 7.05 Å². The second-order valence-electron chi connectivity index (χ2n) is 6.14. The van der Waals surface area contributed by atoms with Crippen molar-refractivity contribution >= 4 is 24.0 Å². The monoisotopic (exact) mass is 338 g/mol. The molecular formula is C17H24ClFN4. The van der Waals surface area contributed by atoms with E-state index in [4.69, 9.17) is 0 Å². The first-order valence-electron chi connectivity index (χ1n) is 8.05. The predicted octanol–water partition coefficient (Wildman–Crippen LogP) is 4.58. The Morgan fingerprint density at radius 1 is 1.04 bits per heavy atom. The molecule has 0 atom stereocenters. The highest BCUT2D eigenvalue weighted by Crippen LogP contribution is 2.32. The Kier molecular flexibility index (Phi) is 5.99. The molecule has 126 valence electrons. The molecule has 0 spiro atoms. The van der Waals surface area contributed by atoms with Gasteiger partial charge < -0.3 is 4.90 Å². The van der Waals surface area contributed by atoms with E-state index in [2.05, 4.69) is 14.8 Å². The van der Waals surface area contributed by atoms with E-state index in [9.17, 15) is 4.39 Å². The van der Waals surface area contributed by atoms with E-state index >= 15 is 0 Å². The van der Waals surface area contributed by atoms with E-state index in [1.807, 2.05) is 19.0 Å². The molecule has 1 heterocycles. The van der Waals surface area contributed by atoms with Gasteiger partial charge in [-0.1, -0.05) is 25.7 Å². The van der Waals surface area contributed by atoms with Crippen LogP contribution in [0.25, 0.3) is 0 Å². The second-order valence-corrected chi connectivity index (χ2v) is 6.14. The summed E-state index contributed by atoms with van der Waals surface area (Å²) in [6, 6.07) is 6.45. The number of anilines is 2. The molecule has 1 aliphatic rings. The van der Waals surface area contributed by atoms with Crippen molar-refractivity contribution in [3.63, 3.8) is 0 Å². The van der Waals surface area contributed by atoms with Gasteiger partial charge in [0.1, 0.15) is 11.6 Å². The van der Waals surface area contributed by atoms with E-state index in [0.29, 0.717) is 5.92 Å². The number of rotatable bonds is 3. The number of benzene rings is 1. The lowest BCUT2D eigenvalue weighted by Gasteiger charge is -2.19. The fourth-order valence-corrected chi connectivity index (χ4v) is 3.30. The molecule has 1 fully saturated rings. The number of halogens is 2. The molecule has 2 aromatic rings. The Morgan fingerprint density at radius 3 is 2.26 bits per heavy atom. The van der Waals surface area contributed by atoms with Crippen molar-refractivity contribution in [3.8, 4) is 0 Å². The van der Waals surface area contributed by atoms with E-state index in [1.54, 1.807) is 12.1 Å². The molecule has 0 amide bonds. The normalized spacial score (nSPS) is 15.8. The van der Waals surface area contributed by atoms with Crippen LogP contribution in [0.4, 0.5) is 16.0 Å². The number of aromatic nitrogens is 3. The third-order valence-electron chi connectivity index (χ3n) is 4.62. The Morgan fingerprint density at radius 2 is 1.65 bits per heavy atom. The molecule has 23 heavy (non-hydrogen) atoms. The van der Waals surface area contributed by atoms with Crippen molar-refractivity contribution in [2.24, 2.45) is 7.05 Å². The van der Waals surface area contributed by atoms with E-state index in [0.717, 1.165) is 17.5 Å². The van der Waals surface area contributed by atoms with Crippen molar-refractivity contribution < 1.29 is 4.39 Å². The first-order chi connectivity index (χ1) is 10.7. The van der Waals surface area contributed by atoms with Crippen LogP contribution in [0, 0.1) is 5.82 Å². The summed E-state index contributed by atoms with van der Waals surface area (Å²) in [6.07, 6.45) is 7.62. The van der Waals surface area contributed by atoms with Gasteiger partial charge in [0.25, 0.3) is 0 Å². The van der Waals surface area contributed by atoms with Gasteiger partial charge in [-0.15, -0.1) is 22.6 Å². The molecule has 3 rings (SSSR count). The SMILES string of the molecule is CN(c1ccc(F)cc1)c1nnc(C2CCCCCC2)n1C.Cl. The highest BCUT2D eigenvalue weighted by atomic mass is 35.5. The van der Waals surface area contributed by atoms with Crippen LogP contribution in [0.2, 0.25) is 0 Å². The third-order valence-corrected chi connectivity index (χ3v) is 4.62. The van der Waals surface area contributed by atoms with Crippen molar-refractivity contribution in [1.82, 2.24) is 14.8 Å². The number of hydrogen-bond acceptors (Lipinski definition) is 3. The maximum atomic E-state index is 13.1. The Hall–Kier alpha value is -1.62. The molecule has 1 saturated carbocycles. The predicted molar refractivity (Wildman–Crippen MR) is 93.2 cm³/mol. The molecule has 0 saturated heterocycles. The Labute approximate surface area is 143 Å². The fraction of sp³-hybridized carbons (Fsp3) is 0.529. The van der Waals surface area contributed by atoms with Gasteiger partial charge in [0.2, 0.25) is 5.95 Å². The minimum atomic E-state index is -0.228. The third kappa shape index (κ3) is 3.83. The quantitative estimate of drug-likeness (QED) is 0.768. The standard InChI is InChI=1S/C17H23FN4.ClH/c1-21(15-11-9-14(18)10-12-15)17-20-19-16(22(17)2)13-7-5-3-4-6-8-13;/h9-13H,3-8H2,1-2H3;1H. The molecule has 1 aromatic carbocycles. The highest BCUT2D eigenvalue weighted by molar-refractivity contribution is 5.85. The topological polar surface area (TPSA) is 34.0 Å². The molecule has 0 aliphatic heterocycles. The van der Waals surface area contributed by atoms with Crippen LogP contribution >= 0.6 is 12.4 Å². The minimum Gasteiger partial charge on any atom is -0.314 e. The van der Waals surface area contributed by atoms with Crippen LogP contribution in [0.1, 0.15) is 50.3 Å². The van der Waals surface area contributed by atoms with Gasteiger partial charge in [0.15, 0.2) is 0 Å². The largest absolute Gasteiger partial charge is 0.314 e. The molecular weight excluding hydrogens is 315 g/mol. The molecule has 1 aliphatic carbocycles. The van der Waals surface area contributed by atoms with Gasteiger partial charge in [-0.3, -0.25) is 4.57 Å². The molecule has 0 bridgehead atoms. The molecule has 0 radical (unpaired) electrons. The van der Waals surface area contributed by atoms with E-state index in [-0.39, 0.29) is 18.2 Å². The molecule has 0 N–H and O–H groups in total. The summed E-state index contributed by atoms with van der Waals surface area (Å²) in [6.45, 7) is 0. The minimum absolute atomic E-state index is 0. The van der Waals surface area contributed by atoms with Crippen molar-refractivity contribution in [1.29, 1.82) is 0 Å². The van der Waals surface area contributed by atoms with Gasteiger partial charge in [0, 0.05) is 25.7 Å². The summed E-state index contributed by atoms with van der Waals surface area (Å²) in [5.74, 6) is 2.15. The van der Waals surface area contributed by atoms with Crippen LogP contribution in [0.15, 0.2) is 24.3 Å². The lowest BCUT2D eigenvalue weighted by Crippen LogP contribution is -2.16. The first kappa shape index (κ1) is 17.7. The summed E-state index contributed by atoms with van der Waals surface area (Å²) < 4.78 is 15.1. The van der Waals surface area contributed by atoms with Crippen molar-refractivity contribution in [2.45, 2.75) is 44.4 Å². The molecule has 1 aromatic heterocycles. The molecule has 6 heteroatoms. The highest BCUT2D eigenvalue weighted by Gasteiger charge is 2.22. The summed E-state index contributed by atoms with van der Waals surface area (Å²) in [5, 5.41) is 8.81.